The number of amides is 1. The monoisotopic (exact) mass is 344 g/mol. The molecule has 2 heterocycles. The summed E-state index contributed by atoms with van der Waals surface area (Å²) in [5.74, 6) is 0.318. The molecule has 2 aromatic rings. The van der Waals surface area contributed by atoms with Gasteiger partial charge >= 0.3 is 0 Å². The molecule has 134 valence electrons. The number of hydrogen-bond donors (Lipinski definition) is 1. The van der Waals surface area contributed by atoms with Crippen molar-refractivity contribution >= 4 is 5.91 Å². The SMILES string of the molecule is CCOCCn1cc(C(=O)NC2CC(c3cnn(C)c3)C2)ccc1=O. The van der Waals surface area contributed by atoms with Crippen molar-refractivity contribution in [2.75, 3.05) is 13.2 Å². The van der Waals surface area contributed by atoms with Gasteiger partial charge in [-0.25, -0.2) is 0 Å². The van der Waals surface area contributed by atoms with Crippen molar-refractivity contribution in [1.82, 2.24) is 19.7 Å². The number of aromatic nitrogens is 3. The van der Waals surface area contributed by atoms with Gasteiger partial charge in [-0.3, -0.25) is 14.3 Å². The lowest BCUT2D eigenvalue weighted by atomic mass is 9.77. The fourth-order valence-electron chi connectivity index (χ4n) is 3.08. The molecule has 1 amide bonds. The molecule has 0 aromatic carbocycles. The zero-order chi connectivity index (χ0) is 17.8. The number of aryl methyl sites for hydroxylation is 1. The predicted octanol–water partition coefficient (Wildman–Crippen LogP) is 1.29. The van der Waals surface area contributed by atoms with Crippen LogP contribution in [0, 0.1) is 0 Å². The zero-order valence-electron chi connectivity index (χ0n) is 14.6. The van der Waals surface area contributed by atoms with Crippen LogP contribution in [0.2, 0.25) is 0 Å². The van der Waals surface area contributed by atoms with Crippen molar-refractivity contribution < 1.29 is 9.53 Å². The Morgan fingerprint density at radius 2 is 2.16 bits per heavy atom. The highest BCUT2D eigenvalue weighted by Gasteiger charge is 2.32. The summed E-state index contributed by atoms with van der Waals surface area (Å²) < 4.78 is 8.59. The first kappa shape index (κ1) is 17.4. The van der Waals surface area contributed by atoms with E-state index in [1.807, 2.05) is 26.4 Å². The Kier molecular flexibility index (Phi) is 5.33. The topological polar surface area (TPSA) is 78.2 Å². The molecule has 1 aliphatic rings. The van der Waals surface area contributed by atoms with Gasteiger partial charge in [-0.2, -0.15) is 5.10 Å². The minimum absolute atomic E-state index is 0.128. The molecule has 3 rings (SSSR count). The van der Waals surface area contributed by atoms with Gasteiger partial charge in [0.05, 0.1) is 18.4 Å². The number of pyridine rings is 1. The fraction of sp³-hybridized carbons (Fsp3) is 0.500. The van der Waals surface area contributed by atoms with Gasteiger partial charge in [0, 0.05) is 44.7 Å². The van der Waals surface area contributed by atoms with Crippen LogP contribution in [-0.4, -0.2) is 39.5 Å². The largest absolute Gasteiger partial charge is 0.380 e. The Balaban J connectivity index is 1.55. The molecule has 7 nitrogen and oxygen atoms in total. The molecule has 2 aromatic heterocycles. The minimum Gasteiger partial charge on any atom is -0.380 e. The molecular formula is C18H24N4O3. The third-order valence-corrected chi connectivity index (χ3v) is 4.60. The zero-order valence-corrected chi connectivity index (χ0v) is 14.6. The van der Waals surface area contributed by atoms with E-state index >= 15 is 0 Å². The van der Waals surface area contributed by atoms with E-state index < -0.39 is 0 Å². The molecular weight excluding hydrogens is 320 g/mol. The third kappa shape index (κ3) is 4.17. The van der Waals surface area contributed by atoms with Crippen molar-refractivity contribution in [3.05, 3.63) is 52.2 Å². The third-order valence-electron chi connectivity index (χ3n) is 4.60. The van der Waals surface area contributed by atoms with Crippen LogP contribution in [0.5, 0.6) is 0 Å². The van der Waals surface area contributed by atoms with Crippen molar-refractivity contribution in [2.45, 2.75) is 38.3 Å². The normalized spacial score (nSPS) is 19.4. The number of carbonyl (C=O) groups excluding carboxylic acids is 1. The number of nitrogens with one attached hydrogen (secondary N) is 1. The molecule has 0 spiro atoms. The van der Waals surface area contributed by atoms with Crippen LogP contribution in [0.3, 0.4) is 0 Å². The van der Waals surface area contributed by atoms with Crippen LogP contribution in [0.25, 0.3) is 0 Å². The second-order valence-corrected chi connectivity index (χ2v) is 6.43. The summed E-state index contributed by atoms with van der Waals surface area (Å²) in [7, 11) is 1.90. The Labute approximate surface area is 146 Å². The lowest BCUT2D eigenvalue weighted by Crippen LogP contribution is -2.43. The molecule has 25 heavy (non-hydrogen) atoms. The number of rotatable bonds is 7. The first-order chi connectivity index (χ1) is 12.1. The van der Waals surface area contributed by atoms with Gasteiger partial charge in [0.1, 0.15) is 0 Å². The van der Waals surface area contributed by atoms with E-state index in [0.717, 1.165) is 12.8 Å². The molecule has 0 atom stereocenters. The Morgan fingerprint density at radius 1 is 1.36 bits per heavy atom. The highest BCUT2D eigenvalue weighted by Crippen LogP contribution is 2.36. The van der Waals surface area contributed by atoms with Crippen molar-refractivity contribution in [3.8, 4) is 0 Å². The number of carbonyl (C=O) groups is 1. The lowest BCUT2D eigenvalue weighted by Gasteiger charge is -2.35. The summed E-state index contributed by atoms with van der Waals surface area (Å²) in [4.78, 5) is 24.3. The van der Waals surface area contributed by atoms with Gasteiger partial charge < -0.3 is 14.6 Å². The van der Waals surface area contributed by atoms with Crippen LogP contribution >= 0.6 is 0 Å². The van der Waals surface area contributed by atoms with E-state index in [-0.39, 0.29) is 17.5 Å². The fourth-order valence-corrected chi connectivity index (χ4v) is 3.08. The van der Waals surface area contributed by atoms with E-state index in [9.17, 15) is 9.59 Å². The predicted molar refractivity (Wildman–Crippen MR) is 93.6 cm³/mol. The summed E-state index contributed by atoms with van der Waals surface area (Å²) in [6.07, 6.45) is 7.35. The molecule has 1 saturated carbocycles. The Morgan fingerprint density at radius 3 is 2.84 bits per heavy atom. The summed E-state index contributed by atoms with van der Waals surface area (Å²) in [5, 5.41) is 7.23. The molecule has 0 saturated heterocycles. The maximum atomic E-state index is 12.4. The molecule has 0 aliphatic heterocycles. The van der Waals surface area contributed by atoms with Crippen molar-refractivity contribution in [2.24, 2.45) is 7.05 Å². The summed E-state index contributed by atoms with van der Waals surface area (Å²) >= 11 is 0. The van der Waals surface area contributed by atoms with E-state index in [2.05, 4.69) is 10.4 Å². The highest BCUT2D eigenvalue weighted by molar-refractivity contribution is 5.94. The average molecular weight is 344 g/mol. The number of nitrogens with zero attached hydrogens (tertiary/aromatic N) is 3. The molecule has 0 unspecified atom stereocenters. The maximum Gasteiger partial charge on any atom is 0.252 e. The van der Waals surface area contributed by atoms with Gasteiger partial charge in [0.15, 0.2) is 0 Å². The van der Waals surface area contributed by atoms with Crippen LogP contribution < -0.4 is 10.9 Å². The van der Waals surface area contributed by atoms with Gasteiger partial charge in [-0.1, -0.05) is 0 Å². The van der Waals surface area contributed by atoms with Crippen LogP contribution in [0.1, 0.15) is 41.6 Å². The van der Waals surface area contributed by atoms with Gasteiger partial charge in [-0.05, 0) is 37.3 Å². The quantitative estimate of drug-likeness (QED) is 0.768. The van der Waals surface area contributed by atoms with Crippen LogP contribution in [0.4, 0.5) is 0 Å². The summed E-state index contributed by atoms with van der Waals surface area (Å²) in [5.41, 5.74) is 1.59. The van der Waals surface area contributed by atoms with Crippen molar-refractivity contribution in [3.63, 3.8) is 0 Å². The molecule has 1 fully saturated rings. The maximum absolute atomic E-state index is 12.4. The minimum atomic E-state index is -0.139. The number of hydrogen-bond acceptors (Lipinski definition) is 4. The lowest BCUT2D eigenvalue weighted by molar-refractivity contribution is 0.0907. The molecule has 1 aliphatic carbocycles. The average Bonchev–Trinajstić information content (AvgIpc) is 2.98. The standard InChI is InChI=1S/C18H24N4O3/c1-3-25-7-6-22-12-13(4-5-17(22)23)18(24)20-16-8-14(9-16)15-10-19-21(2)11-15/h4-5,10-12,14,16H,3,6-9H2,1-2H3,(H,20,24). The highest BCUT2D eigenvalue weighted by atomic mass is 16.5. The summed E-state index contributed by atoms with van der Waals surface area (Å²) in [6.45, 7) is 3.41. The molecule has 1 N–H and O–H groups in total. The van der Waals surface area contributed by atoms with Gasteiger partial charge in [0.25, 0.3) is 11.5 Å². The van der Waals surface area contributed by atoms with Gasteiger partial charge in [0.2, 0.25) is 0 Å². The first-order valence-corrected chi connectivity index (χ1v) is 8.64. The molecule has 0 bridgehead atoms. The molecule has 7 heteroatoms. The van der Waals surface area contributed by atoms with Crippen LogP contribution in [0.15, 0.2) is 35.5 Å². The number of ether oxygens (including phenoxy) is 1. The Bertz CT molecular complexity index is 790. The Hall–Kier alpha value is -2.41. The van der Waals surface area contributed by atoms with E-state index in [0.29, 0.717) is 31.2 Å². The summed E-state index contributed by atoms with van der Waals surface area (Å²) in [6, 6.07) is 3.17. The van der Waals surface area contributed by atoms with Crippen LogP contribution in [-0.2, 0) is 18.3 Å². The first-order valence-electron chi connectivity index (χ1n) is 8.64. The second-order valence-electron chi connectivity index (χ2n) is 6.43. The van der Waals surface area contributed by atoms with Gasteiger partial charge in [-0.15, -0.1) is 0 Å². The van der Waals surface area contributed by atoms with E-state index in [1.165, 1.54) is 16.2 Å². The van der Waals surface area contributed by atoms with E-state index in [4.69, 9.17) is 4.74 Å². The van der Waals surface area contributed by atoms with Crippen molar-refractivity contribution in [1.29, 1.82) is 0 Å². The molecule has 0 radical (unpaired) electrons. The smallest absolute Gasteiger partial charge is 0.252 e. The second kappa shape index (κ2) is 7.65. The van der Waals surface area contributed by atoms with E-state index in [1.54, 1.807) is 16.9 Å².